The second-order valence-electron chi connectivity index (χ2n) is 4.46. The number of aliphatic hydroxyl groups is 1. The average molecular weight is 206 g/mol. The quantitative estimate of drug-likeness (QED) is 0.784. The molecule has 0 radical (unpaired) electrons. The van der Waals surface area contributed by atoms with Crippen LogP contribution in [-0.4, -0.2) is 23.2 Å². The molecule has 0 aliphatic carbocycles. The maximum atomic E-state index is 10.1. The maximum absolute atomic E-state index is 10.1. The number of rotatable bonds is 4. The van der Waals surface area contributed by atoms with Crippen molar-refractivity contribution in [1.82, 2.24) is 10.3 Å². The Hall–Kier alpha value is -0.930. The van der Waals surface area contributed by atoms with Gasteiger partial charge in [-0.25, -0.2) is 0 Å². The monoisotopic (exact) mass is 206 g/mol. The first-order chi connectivity index (χ1) is 7.26. The van der Waals surface area contributed by atoms with E-state index in [1.165, 1.54) is 0 Å². The molecule has 0 aromatic carbocycles. The van der Waals surface area contributed by atoms with Crippen molar-refractivity contribution in [3.8, 4) is 0 Å². The van der Waals surface area contributed by atoms with E-state index in [0.717, 1.165) is 31.5 Å². The Kier molecular flexibility index (Phi) is 3.03. The van der Waals surface area contributed by atoms with Crippen LogP contribution in [-0.2, 0) is 0 Å². The maximum Gasteiger partial charge on any atom is 0.0811 e. The summed E-state index contributed by atoms with van der Waals surface area (Å²) in [4.78, 5) is 4.03. The van der Waals surface area contributed by atoms with Crippen LogP contribution in [0.1, 0.15) is 31.4 Å². The lowest BCUT2D eigenvalue weighted by molar-refractivity contribution is 0.0552. The van der Waals surface area contributed by atoms with Crippen LogP contribution in [0.5, 0.6) is 0 Å². The van der Waals surface area contributed by atoms with Crippen molar-refractivity contribution in [2.75, 3.05) is 13.1 Å². The second-order valence-corrected chi connectivity index (χ2v) is 4.46. The highest BCUT2D eigenvalue weighted by Crippen LogP contribution is 2.36. The van der Waals surface area contributed by atoms with E-state index in [1.807, 2.05) is 12.1 Å². The SMILES string of the molecule is CCC1(CC(O)c2cccnc2)CNC1. The van der Waals surface area contributed by atoms with E-state index in [2.05, 4.69) is 17.2 Å². The van der Waals surface area contributed by atoms with Crippen LogP contribution in [0.15, 0.2) is 24.5 Å². The summed E-state index contributed by atoms with van der Waals surface area (Å²) in [6.07, 6.45) is 5.07. The molecule has 1 saturated heterocycles. The molecule has 1 aromatic rings. The van der Waals surface area contributed by atoms with Gasteiger partial charge in [-0.15, -0.1) is 0 Å². The fourth-order valence-corrected chi connectivity index (χ4v) is 2.12. The molecular weight excluding hydrogens is 188 g/mol. The highest BCUT2D eigenvalue weighted by atomic mass is 16.3. The normalized spacial score (nSPS) is 20.7. The number of nitrogens with one attached hydrogen (secondary N) is 1. The van der Waals surface area contributed by atoms with Gasteiger partial charge in [0.1, 0.15) is 0 Å². The molecular formula is C12H18N2O. The molecule has 3 nitrogen and oxygen atoms in total. The van der Waals surface area contributed by atoms with Crippen LogP contribution in [0.25, 0.3) is 0 Å². The highest BCUT2D eigenvalue weighted by molar-refractivity contribution is 5.13. The zero-order chi connectivity index (χ0) is 10.7. The second kappa shape index (κ2) is 4.29. The van der Waals surface area contributed by atoms with Crippen molar-refractivity contribution in [3.63, 3.8) is 0 Å². The third kappa shape index (κ3) is 2.19. The first kappa shape index (κ1) is 10.6. The lowest BCUT2D eigenvalue weighted by atomic mass is 9.74. The van der Waals surface area contributed by atoms with E-state index in [1.54, 1.807) is 12.4 Å². The van der Waals surface area contributed by atoms with Gasteiger partial charge in [-0.05, 0) is 29.9 Å². The van der Waals surface area contributed by atoms with Crippen LogP contribution in [0.2, 0.25) is 0 Å². The molecule has 1 aliphatic heterocycles. The number of nitrogens with zero attached hydrogens (tertiary/aromatic N) is 1. The molecule has 82 valence electrons. The van der Waals surface area contributed by atoms with Crippen LogP contribution < -0.4 is 5.32 Å². The van der Waals surface area contributed by atoms with Crippen molar-refractivity contribution in [3.05, 3.63) is 30.1 Å². The van der Waals surface area contributed by atoms with Gasteiger partial charge in [0.25, 0.3) is 0 Å². The molecule has 3 heteroatoms. The first-order valence-corrected chi connectivity index (χ1v) is 5.54. The molecule has 0 spiro atoms. The zero-order valence-electron chi connectivity index (χ0n) is 9.11. The number of aliphatic hydroxyl groups excluding tert-OH is 1. The van der Waals surface area contributed by atoms with Crippen LogP contribution >= 0.6 is 0 Å². The minimum Gasteiger partial charge on any atom is -0.388 e. The average Bonchev–Trinajstić information content (AvgIpc) is 2.24. The lowest BCUT2D eigenvalue weighted by Crippen LogP contribution is -2.53. The topological polar surface area (TPSA) is 45.2 Å². The summed E-state index contributed by atoms with van der Waals surface area (Å²) in [5.41, 5.74) is 1.23. The zero-order valence-corrected chi connectivity index (χ0v) is 9.11. The molecule has 0 saturated carbocycles. The summed E-state index contributed by atoms with van der Waals surface area (Å²) in [7, 11) is 0. The summed E-state index contributed by atoms with van der Waals surface area (Å²) in [5, 5.41) is 13.4. The smallest absolute Gasteiger partial charge is 0.0811 e. The van der Waals surface area contributed by atoms with E-state index >= 15 is 0 Å². The minimum atomic E-state index is -0.374. The summed E-state index contributed by atoms with van der Waals surface area (Å²) in [6, 6.07) is 3.81. The Bertz CT molecular complexity index is 303. The third-order valence-electron chi connectivity index (χ3n) is 3.45. The highest BCUT2D eigenvalue weighted by Gasteiger charge is 2.37. The predicted molar refractivity (Wildman–Crippen MR) is 59.4 cm³/mol. The van der Waals surface area contributed by atoms with Crippen molar-refractivity contribution in [2.45, 2.75) is 25.9 Å². The first-order valence-electron chi connectivity index (χ1n) is 5.54. The van der Waals surface area contributed by atoms with Gasteiger partial charge in [0, 0.05) is 25.5 Å². The summed E-state index contributed by atoms with van der Waals surface area (Å²) < 4.78 is 0. The molecule has 1 unspecified atom stereocenters. The Morgan fingerprint density at radius 2 is 2.40 bits per heavy atom. The van der Waals surface area contributed by atoms with Crippen molar-refractivity contribution in [2.24, 2.45) is 5.41 Å². The van der Waals surface area contributed by atoms with Crippen LogP contribution in [0, 0.1) is 5.41 Å². The van der Waals surface area contributed by atoms with Gasteiger partial charge in [0.15, 0.2) is 0 Å². The number of hydrogen-bond acceptors (Lipinski definition) is 3. The Morgan fingerprint density at radius 1 is 1.60 bits per heavy atom. The Morgan fingerprint density at radius 3 is 2.87 bits per heavy atom. The van der Waals surface area contributed by atoms with Crippen LogP contribution in [0.4, 0.5) is 0 Å². The van der Waals surface area contributed by atoms with Crippen molar-refractivity contribution in [1.29, 1.82) is 0 Å². The number of pyridine rings is 1. The van der Waals surface area contributed by atoms with Gasteiger partial charge >= 0.3 is 0 Å². The van der Waals surface area contributed by atoms with E-state index in [0.29, 0.717) is 5.41 Å². The van der Waals surface area contributed by atoms with Gasteiger partial charge in [0.05, 0.1) is 6.10 Å². The third-order valence-corrected chi connectivity index (χ3v) is 3.45. The predicted octanol–water partition coefficient (Wildman–Crippen LogP) is 1.50. The van der Waals surface area contributed by atoms with E-state index in [-0.39, 0.29) is 6.10 Å². The summed E-state index contributed by atoms with van der Waals surface area (Å²) in [6.45, 7) is 4.25. The fourth-order valence-electron chi connectivity index (χ4n) is 2.12. The lowest BCUT2D eigenvalue weighted by Gasteiger charge is -2.43. The molecule has 0 bridgehead atoms. The molecule has 2 rings (SSSR count). The molecule has 1 atom stereocenters. The Labute approximate surface area is 90.5 Å². The standard InChI is InChI=1S/C12H18N2O/c1-2-12(8-14-9-12)6-11(15)10-4-3-5-13-7-10/h3-5,7,11,14-15H,2,6,8-9H2,1H3. The summed E-state index contributed by atoms with van der Waals surface area (Å²) in [5.74, 6) is 0. The van der Waals surface area contributed by atoms with Crippen molar-refractivity contribution >= 4 is 0 Å². The molecule has 2 N–H and O–H groups in total. The molecule has 2 heterocycles. The van der Waals surface area contributed by atoms with Gasteiger partial charge in [-0.2, -0.15) is 0 Å². The molecule has 15 heavy (non-hydrogen) atoms. The van der Waals surface area contributed by atoms with Gasteiger partial charge in [-0.3, -0.25) is 4.98 Å². The molecule has 1 fully saturated rings. The molecule has 1 aliphatic rings. The van der Waals surface area contributed by atoms with Gasteiger partial charge < -0.3 is 10.4 Å². The van der Waals surface area contributed by atoms with E-state index < -0.39 is 0 Å². The summed E-state index contributed by atoms with van der Waals surface area (Å²) >= 11 is 0. The Balaban J connectivity index is 2.00. The van der Waals surface area contributed by atoms with Crippen molar-refractivity contribution < 1.29 is 5.11 Å². The van der Waals surface area contributed by atoms with Crippen LogP contribution in [0.3, 0.4) is 0 Å². The molecule has 0 amide bonds. The largest absolute Gasteiger partial charge is 0.388 e. The minimum absolute atomic E-state index is 0.301. The van der Waals surface area contributed by atoms with Gasteiger partial charge in [-0.1, -0.05) is 13.0 Å². The fraction of sp³-hybridized carbons (Fsp3) is 0.583. The molecule has 1 aromatic heterocycles. The van der Waals surface area contributed by atoms with E-state index in [4.69, 9.17) is 0 Å². The van der Waals surface area contributed by atoms with Gasteiger partial charge in [0.2, 0.25) is 0 Å². The number of hydrogen-bond donors (Lipinski definition) is 2. The van der Waals surface area contributed by atoms with E-state index in [9.17, 15) is 5.11 Å². The number of aromatic nitrogens is 1.